The first kappa shape index (κ1) is 25.8. The lowest BCUT2D eigenvalue weighted by atomic mass is 9.95. The van der Waals surface area contributed by atoms with Gasteiger partial charge in [0.05, 0.1) is 7.11 Å². The minimum Gasteiger partial charge on any atom is -0.497 e. The van der Waals surface area contributed by atoms with E-state index in [-0.39, 0.29) is 30.7 Å². The fraction of sp³-hybridized carbons (Fsp3) is 0.632. The predicted molar refractivity (Wildman–Crippen MR) is 120 cm³/mol. The molecule has 3 rings (SSSR count). The van der Waals surface area contributed by atoms with Gasteiger partial charge in [-0.25, -0.2) is 8.42 Å². The van der Waals surface area contributed by atoms with Crippen molar-refractivity contribution >= 4 is 46.2 Å². The molecule has 1 aromatic carbocycles. The third-order valence-corrected chi connectivity index (χ3v) is 7.80. The smallest absolute Gasteiger partial charge is 0.241 e. The number of rotatable bonds is 6. The van der Waals surface area contributed by atoms with Crippen LogP contribution in [0.5, 0.6) is 5.75 Å². The Bertz CT molecular complexity index is 785. The summed E-state index contributed by atoms with van der Waals surface area (Å²) < 4.78 is 28.7. The summed E-state index contributed by atoms with van der Waals surface area (Å²) >= 11 is 0. The zero-order chi connectivity index (χ0) is 19.5. The molecule has 1 amide bonds. The normalized spacial score (nSPS) is 20.9. The number of carbonyl (C=O) groups is 1. The van der Waals surface area contributed by atoms with Gasteiger partial charge in [0.1, 0.15) is 5.75 Å². The highest BCUT2D eigenvalue weighted by atomic mass is 35.5. The fourth-order valence-electron chi connectivity index (χ4n) is 4.04. The van der Waals surface area contributed by atoms with Gasteiger partial charge < -0.3 is 20.3 Å². The number of hydrogen-bond donors (Lipinski definition) is 2. The van der Waals surface area contributed by atoms with Crippen LogP contribution in [-0.2, 0) is 14.6 Å². The number of methoxy groups -OCH3 is 1. The van der Waals surface area contributed by atoms with E-state index in [1.165, 1.54) is 6.26 Å². The van der Waals surface area contributed by atoms with Gasteiger partial charge in [-0.15, -0.1) is 24.8 Å². The van der Waals surface area contributed by atoms with Gasteiger partial charge in [0.2, 0.25) is 5.91 Å². The van der Waals surface area contributed by atoms with Gasteiger partial charge in [0.25, 0.3) is 0 Å². The molecule has 2 heterocycles. The minimum absolute atomic E-state index is 0. The molecule has 0 spiro atoms. The summed E-state index contributed by atoms with van der Waals surface area (Å²) in [4.78, 5) is 15.1. The summed E-state index contributed by atoms with van der Waals surface area (Å²) in [6, 6.07) is 7.95. The SMILES string of the molecule is COc1cccc(N2CCC(CNC(=O)C3(S(C)(=O)=O)CCNCC3)C2)c1.Cl.Cl. The molecular formula is C19H31Cl2N3O4S. The van der Waals surface area contributed by atoms with E-state index >= 15 is 0 Å². The minimum atomic E-state index is -3.47. The van der Waals surface area contributed by atoms with E-state index in [0.717, 1.165) is 30.9 Å². The Hall–Kier alpha value is -1.22. The third kappa shape index (κ3) is 5.69. The number of anilines is 1. The Morgan fingerprint density at radius 3 is 2.62 bits per heavy atom. The second-order valence-corrected chi connectivity index (χ2v) is 9.85. The van der Waals surface area contributed by atoms with E-state index in [1.807, 2.05) is 18.2 Å². The molecule has 166 valence electrons. The lowest BCUT2D eigenvalue weighted by Crippen LogP contribution is -2.57. The maximum Gasteiger partial charge on any atom is 0.241 e. The van der Waals surface area contributed by atoms with Crippen LogP contribution in [0.1, 0.15) is 19.3 Å². The number of amides is 1. The fourth-order valence-corrected chi connectivity index (χ4v) is 5.39. The highest BCUT2D eigenvalue weighted by molar-refractivity contribution is 7.92. The van der Waals surface area contributed by atoms with Gasteiger partial charge in [0.15, 0.2) is 14.6 Å². The molecule has 2 saturated heterocycles. The number of nitrogens with zero attached hydrogens (tertiary/aromatic N) is 1. The predicted octanol–water partition coefficient (Wildman–Crippen LogP) is 1.65. The molecule has 1 aromatic rings. The maximum absolute atomic E-state index is 12.8. The van der Waals surface area contributed by atoms with Crippen molar-refractivity contribution in [3.8, 4) is 5.75 Å². The molecule has 2 fully saturated rings. The summed E-state index contributed by atoms with van der Waals surface area (Å²) in [6.07, 6.45) is 2.81. The van der Waals surface area contributed by atoms with Gasteiger partial charge in [-0.05, 0) is 50.4 Å². The van der Waals surface area contributed by atoms with Crippen LogP contribution in [0, 0.1) is 5.92 Å². The molecule has 1 unspecified atom stereocenters. The first-order valence-corrected chi connectivity index (χ1v) is 11.3. The van der Waals surface area contributed by atoms with Crippen LogP contribution >= 0.6 is 24.8 Å². The van der Waals surface area contributed by atoms with E-state index < -0.39 is 14.6 Å². The van der Waals surface area contributed by atoms with E-state index in [2.05, 4.69) is 21.6 Å². The van der Waals surface area contributed by atoms with Crippen molar-refractivity contribution in [2.24, 2.45) is 5.92 Å². The first-order chi connectivity index (χ1) is 12.9. The molecule has 0 bridgehead atoms. The van der Waals surface area contributed by atoms with Crippen molar-refractivity contribution in [2.45, 2.75) is 24.0 Å². The molecule has 0 aliphatic carbocycles. The molecule has 10 heteroatoms. The van der Waals surface area contributed by atoms with Crippen molar-refractivity contribution in [1.82, 2.24) is 10.6 Å². The van der Waals surface area contributed by atoms with Gasteiger partial charge in [-0.1, -0.05) is 6.07 Å². The van der Waals surface area contributed by atoms with Crippen molar-refractivity contribution in [1.29, 1.82) is 0 Å². The van der Waals surface area contributed by atoms with E-state index in [4.69, 9.17) is 4.74 Å². The van der Waals surface area contributed by atoms with Gasteiger partial charge >= 0.3 is 0 Å². The zero-order valence-corrected chi connectivity index (χ0v) is 19.3. The topological polar surface area (TPSA) is 87.7 Å². The van der Waals surface area contributed by atoms with Crippen LogP contribution in [0.2, 0.25) is 0 Å². The molecule has 0 saturated carbocycles. The number of carbonyl (C=O) groups excluding carboxylic acids is 1. The van der Waals surface area contributed by atoms with Crippen molar-refractivity contribution in [2.75, 3.05) is 51.0 Å². The Balaban J connectivity index is 0.00000210. The van der Waals surface area contributed by atoms with Crippen LogP contribution in [0.25, 0.3) is 0 Å². The molecule has 1 atom stereocenters. The standard InChI is InChI=1S/C19H29N3O4S.2ClH/c1-26-17-5-3-4-16(12-17)22-11-6-15(14-22)13-21-18(23)19(27(2,24)25)7-9-20-10-8-19;;/h3-5,12,15,20H,6-11,13-14H2,1-2H3,(H,21,23);2*1H. The molecule has 0 radical (unpaired) electrons. The average Bonchev–Trinajstić information content (AvgIpc) is 3.15. The monoisotopic (exact) mass is 467 g/mol. The summed E-state index contributed by atoms with van der Waals surface area (Å²) in [5.74, 6) is 0.787. The molecule has 29 heavy (non-hydrogen) atoms. The highest BCUT2D eigenvalue weighted by Gasteiger charge is 2.48. The summed E-state index contributed by atoms with van der Waals surface area (Å²) in [5, 5.41) is 6.07. The largest absolute Gasteiger partial charge is 0.497 e. The molecular weight excluding hydrogens is 437 g/mol. The maximum atomic E-state index is 12.8. The summed E-state index contributed by atoms with van der Waals surface area (Å²) in [7, 11) is -1.82. The van der Waals surface area contributed by atoms with Gasteiger partial charge in [-0.2, -0.15) is 0 Å². The Labute approximate surface area is 185 Å². The number of benzene rings is 1. The van der Waals surface area contributed by atoms with Crippen LogP contribution < -0.4 is 20.3 Å². The van der Waals surface area contributed by atoms with Crippen LogP contribution in [-0.4, -0.2) is 65.2 Å². The number of sulfone groups is 1. The van der Waals surface area contributed by atoms with Crippen LogP contribution in [0.3, 0.4) is 0 Å². The second-order valence-electron chi connectivity index (χ2n) is 7.53. The van der Waals surface area contributed by atoms with Gasteiger partial charge in [-0.3, -0.25) is 4.79 Å². The van der Waals surface area contributed by atoms with Crippen LogP contribution in [0.4, 0.5) is 5.69 Å². The van der Waals surface area contributed by atoms with E-state index in [9.17, 15) is 13.2 Å². The van der Waals surface area contributed by atoms with Crippen molar-refractivity contribution in [3.63, 3.8) is 0 Å². The molecule has 2 aliphatic rings. The molecule has 2 N–H and O–H groups in total. The Morgan fingerprint density at radius 2 is 2.00 bits per heavy atom. The average molecular weight is 468 g/mol. The number of halogens is 2. The summed E-state index contributed by atoms with van der Waals surface area (Å²) in [5.41, 5.74) is 1.11. The zero-order valence-electron chi connectivity index (χ0n) is 16.8. The Morgan fingerprint density at radius 1 is 1.31 bits per heavy atom. The van der Waals surface area contributed by atoms with Crippen LogP contribution in [0.15, 0.2) is 24.3 Å². The van der Waals surface area contributed by atoms with E-state index in [1.54, 1.807) is 7.11 Å². The quantitative estimate of drug-likeness (QED) is 0.660. The van der Waals surface area contributed by atoms with Crippen molar-refractivity contribution in [3.05, 3.63) is 24.3 Å². The molecule has 0 aromatic heterocycles. The number of hydrogen-bond acceptors (Lipinski definition) is 6. The number of nitrogens with one attached hydrogen (secondary N) is 2. The second kappa shape index (κ2) is 10.7. The lowest BCUT2D eigenvalue weighted by Gasteiger charge is -2.34. The third-order valence-electron chi connectivity index (χ3n) is 5.79. The lowest BCUT2D eigenvalue weighted by molar-refractivity contribution is -0.124. The van der Waals surface area contributed by atoms with Gasteiger partial charge in [0, 0.05) is 37.6 Å². The van der Waals surface area contributed by atoms with Crippen molar-refractivity contribution < 1.29 is 17.9 Å². The number of ether oxygens (including phenoxy) is 1. The molecule has 2 aliphatic heterocycles. The number of piperidine rings is 1. The highest BCUT2D eigenvalue weighted by Crippen LogP contribution is 2.29. The van der Waals surface area contributed by atoms with E-state index in [0.29, 0.717) is 38.4 Å². The molecule has 7 nitrogen and oxygen atoms in total. The summed E-state index contributed by atoms with van der Waals surface area (Å²) in [6.45, 7) is 3.35. The Kier molecular flexibility index (Phi) is 9.53. The first-order valence-electron chi connectivity index (χ1n) is 9.43.